The number of carbonyl (C=O) groups excluding carboxylic acids is 2. The highest BCUT2D eigenvalue weighted by Crippen LogP contribution is 2.39. The summed E-state index contributed by atoms with van der Waals surface area (Å²) in [5, 5.41) is 3.37. The van der Waals surface area contributed by atoms with Crippen molar-refractivity contribution in [2.45, 2.75) is 30.7 Å². The molecule has 0 aromatic heterocycles. The summed E-state index contributed by atoms with van der Waals surface area (Å²) in [6.45, 7) is 3.14. The van der Waals surface area contributed by atoms with E-state index in [0.29, 0.717) is 0 Å². The van der Waals surface area contributed by atoms with E-state index in [4.69, 9.17) is 4.74 Å². The van der Waals surface area contributed by atoms with Crippen molar-refractivity contribution < 1.29 is 14.3 Å². The van der Waals surface area contributed by atoms with Crippen molar-refractivity contribution >= 4 is 23.6 Å². The third-order valence-electron chi connectivity index (χ3n) is 3.47. The molecule has 0 aromatic rings. The molecule has 6 heteroatoms. The number of hydrogen-bond acceptors (Lipinski definition) is 5. The number of methoxy groups -OCH3 is 1. The number of piperidine rings is 1. The molecule has 0 aromatic carbocycles. The molecular weight excluding hydrogens is 240 g/mol. The molecule has 96 valence electrons. The Bertz CT molecular complexity index is 327. The first-order valence-electron chi connectivity index (χ1n) is 5.81. The number of amides is 1. The first kappa shape index (κ1) is 12.7. The van der Waals surface area contributed by atoms with E-state index in [2.05, 4.69) is 5.32 Å². The Hall–Kier alpha value is -0.750. The number of esters is 1. The van der Waals surface area contributed by atoms with Crippen LogP contribution in [-0.2, 0) is 14.3 Å². The lowest BCUT2D eigenvalue weighted by atomic mass is 10.0. The minimum atomic E-state index is -0.200. The van der Waals surface area contributed by atoms with E-state index in [-0.39, 0.29) is 22.8 Å². The summed E-state index contributed by atoms with van der Waals surface area (Å²) in [7, 11) is 1.41. The van der Waals surface area contributed by atoms with Crippen LogP contribution in [0.4, 0.5) is 0 Å². The van der Waals surface area contributed by atoms with Gasteiger partial charge in [-0.15, -0.1) is 11.8 Å². The van der Waals surface area contributed by atoms with Gasteiger partial charge in [-0.05, 0) is 12.8 Å². The van der Waals surface area contributed by atoms with E-state index in [0.717, 1.165) is 31.7 Å². The number of thioether (sulfide) groups is 1. The lowest BCUT2D eigenvalue weighted by Crippen LogP contribution is -2.52. The zero-order valence-electron chi connectivity index (χ0n) is 10.2. The van der Waals surface area contributed by atoms with Gasteiger partial charge in [-0.25, -0.2) is 0 Å². The van der Waals surface area contributed by atoms with Gasteiger partial charge in [-0.1, -0.05) is 0 Å². The molecule has 2 rings (SSSR count). The summed E-state index contributed by atoms with van der Waals surface area (Å²) < 4.78 is 4.75. The van der Waals surface area contributed by atoms with Crippen molar-refractivity contribution in [2.24, 2.45) is 0 Å². The second-order valence-electron chi connectivity index (χ2n) is 4.53. The van der Waals surface area contributed by atoms with Gasteiger partial charge in [-0.2, -0.15) is 0 Å². The molecule has 1 atom stereocenters. The molecule has 0 bridgehead atoms. The van der Waals surface area contributed by atoms with E-state index in [1.807, 2.05) is 4.90 Å². The molecule has 1 spiro atoms. The Morgan fingerprint density at radius 1 is 1.41 bits per heavy atom. The summed E-state index contributed by atoms with van der Waals surface area (Å²) in [4.78, 5) is 24.5. The van der Waals surface area contributed by atoms with E-state index >= 15 is 0 Å². The lowest BCUT2D eigenvalue weighted by molar-refractivity contribution is -0.142. The van der Waals surface area contributed by atoms with Crippen molar-refractivity contribution in [3.05, 3.63) is 0 Å². The molecule has 0 radical (unpaired) electrons. The van der Waals surface area contributed by atoms with Crippen LogP contribution in [0, 0.1) is 0 Å². The second kappa shape index (κ2) is 4.86. The Balaban J connectivity index is 1.92. The topological polar surface area (TPSA) is 58.6 Å². The minimum Gasteiger partial charge on any atom is -0.468 e. The highest BCUT2D eigenvalue weighted by atomic mass is 32.2. The molecule has 1 amide bonds. The molecule has 0 aliphatic carbocycles. The molecule has 2 heterocycles. The second-order valence-corrected chi connectivity index (χ2v) is 5.93. The van der Waals surface area contributed by atoms with Gasteiger partial charge in [0.2, 0.25) is 5.91 Å². The molecule has 17 heavy (non-hydrogen) atoms. The molecule has 2 saturated heterocycles. The van der Waals surface area contributed by atoms with Crippen LogP contribution in [-0.4, -0.2) is 53.6 Å². The fourth-order valence-electron chi connectivity index (χ4n) is 2.38. The number of nitrogens with zero attached hydrogens (tertiary/aromatic N) is 1. The van der Waals surface area contributed by atoms with Crippen molar-refractivity contribution in [2.75, 3.05) is 26.0 Å². The highest BCUT2D eigenvalue weighted by molar-refractivity contribution is 8.01. The number of hydrogen-bond donors (Lipinski definition) is 1. The maximum atomic E-state index is 11.5. The average molecular weight is 258 g/mol. The molecule has 2 aliphatic rings. The fourth-order valence-corrected chi connectivity index (χ4v) is 3.79. The van der Waals surface area contributed by atoms with E-state index in [9.17, 15) is 9.59 Å². The maximum absolute atomic E-state index is 11.5. The van der Waals surface area contributed by atoms with Crippen molar-refractivity contribution in [3.8, 4) is 0 Å². The number of nitrogens with one attached hydrogen (secondary N) is 1. The first-order chi connectivity index (χ1) is 8.06. The summed E-state index contributed by atoms with van der Waals surface area (Å²) in [5.41, 5.74) is 0. The largest absolute Gasteiger partial charge is 0.468 e. The van der Waals surface area contributed by atoms with Crippen LogP contribution in [0.25, 0.3) is 0 Å². The third kappa shape index (κ3) is 2.57. The normalized spacial score (nSPS) is 27.2. The van der Waals surface area contributed by atoms with E-state index in [1.54, 1.807) is 18.7 Å². The van der Waals surface area contributed by atoms with Crippen molar-refractivity contribution in [1.82, 2.24) is 10.2 Å². The molecule has 5 nitrogen and oxygen atoms in total. The van der Waals surface area contributed by atoms with Gasteiger partial charge < -0.3 is 9.64 Å². The van der Waals surface area contributed by atoms with Crippen molar-refractivity contribution in [1.29, 1.82) is 0 Å². The maximum Gasteiger partial charge on any atom is 0.323 e. The molecule has 2 fully saturated rings. The SMILES string of the molecule is COC(=O)[C@@H]1CSC2(CCN(C(C)=O)CC2)N1. The Labute approximate surface area is 105 Å². The predicted octanol–water partition coefficient (Wildman–Crippen LogP) is 0.203. The Morgan fingerprint density at radius 3 is 2.59 bits per heavy atom. The summed E-state index contributed by atoms with van der Waals surface area (Å²) >= 11 is 1.78. The van der Waals surface area contributed by atoms with Crippen LogP contribution in [0.2, 0.25) is 0 Å². The van der Waals surface area contributed by atoms with Crippen LogP contribution in [0.3, 0.4) is 0 Å². The van der Waals surface area contributed by atoms with Crippen LogP contribution >= 0.6 is 11.8 Å². The fraction of sp³-hybridized carbons (Fsp3) is 0.818. The summed E-state index contributed by atoms with van der Waals surface area (Å²) in [6, 6.07) is -0.200. The van der Waals surface area contributed by atoms with Crippen LogP contribution in [0.15, 0.2) is 0 Å². The van der Waals surface area contributed by atoms with Gasteiger partial charge in [-0.3, -0.25) is 14.9 Å². The predicted molar refractivity (Wildman–Crippen MR) is 65.6 cm³/mol. The third-order valence-corrected chi connectivity index (χ3v) is 5.04. The van der Waals surface area contributed by atoms with E-state index in [1.165, 1.54) is 7.11 Å². The van der Waals surface area contributed by atoms with Crippen LogP contribution in [0.5, 0.6) is 0 Å². The van der Waals surface area contributed by atoms with Gasteiger partial charge in [0.25, 0.3) is 0 Å². The van der Waals surface area contributed by atoms with Gasteiger partial charge in [0.15, 0.2) is 0 Å². The number of ether oxygens (including phenoxy) is 1. The quantitative estimate of drug-likeness (QED) is 0.681. The smallest absolute Gasteiger partial charge is 0.323 e. The Kier molecular flexibility index (Phi) is 3.63. The number of rotatable bonds is 1. The van der Waals surface area contributed by atoms with Gasteiger partial charge in [0.05, 0.1) is 12.0 Å². The molecule has 1 N–H and O–H groups in total. The lowest BCUT2D eigenvalue weighted by Gasteiger charge is -2.38. The molecule has 0 unspecified atom stereocenters. The van der Waals surface area contributed by atoms with Crippen LogP contribution in [0.1, 0.15) is 19.8 Å². The molecular formula is C11H18N2O3S. The minimum absolute atomic E-state index is 0.0369. The van der Waals surface area contributed by atoms with E-state index < -0.39 is 0 Å². The molecule has 0 saturated carbocycles. The standard InChI is InChI=1S/C11H18N2O3S/c1-8(14)13-5-3-11(4-6-13)12-9(7-17-11)10(15)16-2/h9,12H,3-7H2,1-2H3/t9-/m0/s1. The van der Waals surface area contributed by atoms with Crippen LogP contribution < -0.4 is 5.32 Å². The summed E-state index contributed by atoms with van der Waals surface area (Å²) in [6.07, 6.45) is 1.79. The van der Waals surface area contributed by atoms with Gasteiger partial charge in [0, 0.05) is 25.8 Å². The monoisotopic (exact) mass is 258 g/mol. The Morgan fingerprint density at radius 2 is 2.06 bits per heavy atom. The van der Waals surface area contributed by atoms with Crippen molar-refractivity contribution in [3.63, 3.8) is 0 Å². The molecule has 2 aliphatic heterocycles. The average Bonchev–Trinajstić information content (AvgIpc) is 2.73. The summed E-state index contributed by atoms with van der Waals surface area (Å²) in [5.74, 6) is 0.697. The first-order valence-corrected chi connectivity index (χ1v) is 6.80. The highest BCUT2D eigenvalue weighted by Gasteiger charge is 2.44. The number of carbonyl (C=O) groups is 2. The zero-order chi connectivity index (χ0) is 12.5. The zero-order valence-corrected chi connectivity index (χ0v) is 11.0. The van der Waals surface area contributed by atoms with Gasteiger partial charge >= 0.3 is 5.97 Å². The number of likely N-dealkylation sites (tertiary alicyclic amines) is 1. The van der Waals surface area contributed by atoms with Gasteiger partial charge in [0.1, 0.15) is 6.04 Å².